The van der Waals surface area contributed by atoms with Gasteiger partial charge in [0, 0.05) is 25.6 Å². The highest BCUT2D eigenvalue weighted by Crippen LogP contribution is 2.11. The van der Waals surface area contributed by atoms with Crippen molar-refractivity contribution >= 4 is 0 Å². The van der Waals surface area contributed by atoms with E-state index in [0.29, 0.717) is 19.6 Å². The Morgan fingerprint density at radius 1 is 1.33 bits per heavy atom. The zero-order chi connectivity index (χ0) is 9.45. The lowest BCUT2D eigenvalue weighted by Crippen LogP contribution is -2.01. The van der Waals surface area contributed by atoms with Gasteiger partial charge >= 0.3 is 6.18 Å². The zero-order valence-corrected chi connectivity index (χ0v) is 6.87. The number of halogens is 3. The molecule has 0 aromatic carbocycles. The molecular weight excluding hydrogens is 169 g/mol. The number of hydrogen-bond acceptors (Lipinski definition) is 1. The molecule has 0 radical (unpaired) electrons. The molecule has 12 heavy (non-hydrogen) atoms. The van der Waals surface area contributed by atoms with Crippen LogP contribution in [0.1, 0.15) is 19.8 Å². The van der Waals surface area contributed by atoms with Crippen molar-refractivity contribution in [2.24, 2.45) is 0 Å². The van der Waals surface area contributed by atoms with Crippen LogP contribution >= 0.6 is 0 Å². The molecule has 0 rings (SSSR count). The monoisotopic (exact) mass is 180 g/mol. The summed E-state index contributed by atoms with van der Waals surface area (Å²) in [5.74, 6) is 3.22. The Hall–Kier alpha value is -0.690. The summed E-state index contributed by atoms with van der Waals surface area (Å²) < 4.78 is 39.2. The summed E-state index contributed by atoms with van der Waals surface area (Å²) in [5, 5.41) is 0. The Bertz CT molecular complexity index is 163. The summed E-state index contributed by atoms with van der Waals surface area (Å²) in [7, 11) is 0. The second-order valence-corrected chi connectivity index (χ2v) is 2.10. The van der Waals surface area contributed by atoms with E-state index in [2.05, 4.69) is 0 Å². The Morgan fingerprint density at radius 2 is 2.00 bits per heavy atom. The third kappa shape index (κ3) is 9.31. The van der Waals surface area contributed by atoms with Crippen LogP contribution in [0.15, 0.2) is 0 Å². The van der Waals surface area contributed by atoms with E-state index in [4.69, 9.17) is 4.74 Å². The molecule has 0 N–H and O–H groups in total. The van der Waals surface area contributed by atoms with Crippen LogP contribution in [0, 0.1) is 11.8 Å². The molecule has 4 heteroatoms. The maximum atomic E-state index is 11.4. The van der Waals surface area contributed by atoms with Crippen LogP contribution in [-0.4, -0.2) is 19.4 Å². The third-order valence-corrected chi connectivity index (χ3v) is 1.02. The largest absolute Gasteiger partial charge is 0.457 e. The molecule has 70 valence electrons. The van der Waals surface area contributed by atoms with Crippen LogP contribution in [0.25, 0.3) is 0 Å². The van der Waals surface area contributed by atoms with Crippen molar-refractivity contribution < 1.29 is 17.9 Å². The summed E-state index contributed by atoms with van der Waals surface area (Å²) in [6, 6.07) is 0. The van der Waals surface area contributed by atoms with Gasteiger partial charge in [0.15, 0.2) is 0 Å². The molecule has 0 aliphatic heterocycles. The maximum Gasteiger partial charge on any atom is 0.457 e. The van der Waals surface area contributed by atoms with Gasteiger partial charge in [-0.3, -0.25) is 0 Å². The summed E-state index contributed by atoms with van der Waals surface area (Å²) in [6.07, 6.45) is -3.57. The van der Waals surface area contributed by atoms with Crippen LogP contribution in [0.4, 0.5) is 13.2 Å². The Kier molecular flexibility index (Phi) is 5.56. The van der Waals surface area contributed by atoms with Crippen LogP contribution in [0.2, 0.25) is 0 Å². The van der Waals surface area contributed by atoms with Gasteiger partial charge in [-0.15, -0.1) is 0 Å². The Balaban J connectivity index is 3.34. The van der Waals surface area contributed by atoms with Gasteiger partial charge in [-0.05, 0) is 13.3 Å². The lowest BCUT2D eigenvalue weighted by Gasteiger charge is -1.96. The smallest absolute Gasteiger partial charge is 0.382 e. The normalized spacial score (nSPS) is 10.7. The predicted molar refractivity (Wildman–Crippen MR) is 39.6 cm³/mol. The summed E-state index contributed by atoms with van der Waals surface area (Å²) in [4.78, 5) is 0. The molecule has 0 unspecified atom stereocenters. The van der Waals surface area contributed by atoms with E-state index >= 15 is 0 Å². The van der Waals surface area contributed by atoms with E-state index in [1.165, 1.54) is 5.92 Å². The summed E-state index contributed by atoms with van der Waals surface area (Å²) in [6.45, 7) is 2.90. The predicted octanol–water partition coefficient (Wildman–Crippen LogP) is 2.37. The van der Waals surface area contributed by atoms with Crippen LogP contribution < -0.4 is 0 Å². The molecule has 0 aliphatic rings. The average molecular weight is 180 g/mol. The molecule has 0 atom stereocenters. The number of hydrogen-bond donors (Lipinski definition) is 0. The Labute approximate surface area is 69.9 Å². The average Bonchev–Trinajstić information content (AvgIpc) is 1.94. The van der Waals surface area contributed by atoms with Crippen LogP contribution in [0.3, 0.4) is 0 Å². The first-order valence-corrected chi connectivity index (χ1v) is 3.70. The van der Waals surface area contributed by atoms with Crippen molar-refractivity contribution in [1.82, 2.24) is 0 Å². The SMILES string of the molecule is CCOCCCC#CC(F)(F)F. The molecular formula is C8H11F3O. The second kappa shape index (κ2) is 5.90. The van der Waals surface area contributed by atoms with E-state index in [-0.39, 0.29) is 6.42 Å². The van der Waals surface area contributed by atoms with Gasteiger partial charge in [0.05, 0.1) is 0 Å². The molecule has 0 aliphatic carbocycles. The summed E-state index contributed by atoms with van der Waals surface area (Å²) >= 11 is 0. The number of unbranched alkanes of at least 4 members (excludes halogenated alkanes) is 1. The minimum Gasteiger partial charge on any atom is -0.382 e. The van der Waals surface area contributed by atoms with Gasteiger partial charge in [0.1, 0.15) is 0 Å². The molecule has 0 amide bonds. The standard InChI is InChI=1S/C8H11F3O/c1-2-12-7-5-3-4-6-8(9,10)11/h2-3,5,7H2,1H3. The van der Waals surface area contributed by atoms with E-state index in [1.807, 2.05) is 12.8 Å². The van der Waals surface area contributed by atoms with E-state index in [0.717, 1.165) is 0 Å². The first-order chi connectivity index (χ1) is 5.56. The van der Waals surface area contributed by atoms with Crippen molar-refractivity contribution in [3.63, 3.8) is 0 Å². The number of alkyl halides is 3. The molecule has 1 nitrogen and oxygen atoms in total. The lowest BCUT2D eigenvalue weighted by atomic mass is 10.3. The van der Waals surface area contributed by atoms with Gasteiger partial charge in [0.25, 0.3) is 0 Å². The molecule has 0 bridgehead atoms. The third-order valence-electron chi connectivity index (χ3n) is 1.02. The van der Waals surface area contributed by atoms with Crippen molar-refractivity contribution in [3.8, 4) is 11.8 Å². The minimum atomic E-state index is -4.36. The van der Waals surface area contributed by atoms with Crippen LogP contribution in [-0.2, 0) is 4.74 Å². The van der Waals surface area contributed by atoms with Crippen molar-refractivity contribution in [2.75, 3.05) is 13.2 Å². The van der Waals surface area contributed by atoms with Gasteiger partial charge in [-0.1, -0.05) is 5.92 Å². The van der Waals surface area contributed by atoms with Gasteiger partial charge in [0.2, 0.25) is 0 Å². The molecule has 0 aromatic heterocycles. The fraction of sp³-hybridized carbons (Fsp3) is 0.750. The maximum absolute atomic E-state index is 11.4. The fourth-order valence-corrected chi connectivity index (χ4v) is 0.570. The quantitative estimate of drug-likeness (QED) is 0.476. The zero-order valence-electron chi connectivity index (χ0n) is 6.87. The van der Waals surface area contributed by atoms with E-state index in [1.54, 1.807) is 0 Å². The molecule has 0 saturated carbocycles. The van der Waals surface area contributed by atoms with Gasteiger partial charge in [-0.2, -0.15) is 13.2 Å². The van der Waals surface area contributed by atoms with Crippen molar-refractivity contribution in [1.29, 1.82) is 0 Å². The fourth-order valence-electron chi connectivity index (χ4n) is 0.570. The lowest BCUT2D eigenvalue weighted by molar-refractivity contribution is -0.0697. The number of ether oxygens (including phenoxy) is 1. The topological polar surface area (TPSA) is 9.23 Å². The highest BCUT2D eigenvalue weighted by molar-refractivity contribution is 5.04. The molecule has 0 saturated heterocycles. The molecule has 0 aromatic rings. The van der Waals surface area contributed by atoms with Gasteiger partial charge < -0.3 is 4.74 Å². The first-order valence-electron chi connectivity index (χ1n) is 3.70. The number of rotatable bonds is 4. The molecule has 0 fully saturated rings. The van der Waals surface area contributed by atoms with Crippen molar-refractivity contribution in [2.45, 2.75) is 25.9 Å². The highest BCUT2D eigenvalue weighted by atomic mass is 19.4. The van der Waals surface area contributed by atoms with Crippen molar-refractivity contribution in [3.05, 3.63) is 0 Å². The molecule has 0 spiro atoms. The minimum absolute atomic E-state index is 0.236. The van der Waals surface area contributed by atoms with E-state index in [9.17, 15) is 13.2 Å². The summed E-state index contributed by atoms with van der Waals surface area (Å²) in [5.41, 5.74) is 0. The van der Waals surface area contributed by atoms with E-state index < -0.39 is 6.18 Å². The van der Waals surface area contributed by atoms with Crippen LogP contribution in [0.5, 0.6) is 0 Å². The molecule has 0 heterocycles. The highest BCUT2D eigenvalue weighted by Gasteiger charge is 2.22. The van der Waals surface area contributed by atoms with Gasteiger partial charge in [-0.25, -0.2) is 0 Å². The first kappa shape index (κ1) is 11.3. The second-order valence-electron chi connectivity index (χ2n) is 2.10. The Morgan fingerprint density at radius 3 is 2.50 bits per heavy atom.